The van der Waals surface area contributed by atoms with Gasteiger partial charge in [0.2, 0.25) is 5.78 Å². The molecule has 0 aromatic heterocycles. The standard InChI is InChI=1S/C13H13F2NO4.C4F6O3/c1-3-20-12(18)13(15)6-16-9-7(11(13)17)4-5-8(14)10(9)19-2;5-3(6,7)1(11)13-2(12)4(8,9)10/h4-5,16H,3,6H2,1-2H3;. The highest BCUT2D eigenvalue weighted by molar-refractivity contribution is 6.20. The lowest BCUT2D eigenvalue weighted by molar-refractivity contribution is -0.221. The second-order valence-corrected chi connectivity index (χ2v) is 5.88. The molecule has 0 saturated carbocycles. The van der Waals surface area contributed by atoms with Gasteiger partial charge < -0.3 is 19.5 Å². The number of hydrogen-bond acceptors (Lipinski definition) is 8. The smallest absolute Gasteiger partial charge is 0.491 e. The monoisotopic (exact) mass is 495 g/mol. The van der Waals surface area contributed by atoms with Crippen LogP contribution < -0.4 is 10.1 Å². The predicted molar refractivity (Wildman–Crippen MR) is 89.5 cm³/mol. The fraction of sp³-hybridized carbons (Fsp3) is 0.412. The van der Waals surface area contributed by atoms with Crippen LogP contribution in [0.5, 0.6) is 5.75 Å². The molecule has 1 aliphatic rings. The minimum absolute atomic E-state index is 0.0371. The molecule has 1 aromatic carbocycles. The van der Waals surface area contributed by atoms with Crippen molar-refractivity contribution in [3.8, 4) is 5.75 Å². The van der Waals surface area contributed by atoms with Crippen LogP contribution in [0.25, 0.3) is 0 Å². The zero-order valence-electron chi connectivity index (χ0n) is 16.5. The van der Waals surface area contributed by atoms with Crippen LogP contribution in [-0.4, -0.2) is 62.0 Å². The van der Waals surface area contributed by atoms with E-state index in [1.54, 1.807) is 0 Å². The van der Waals surface area contributed by atoms with Crippen LogP contribution >= 0.6 is 0 Å². The summed E-state index contributed by atoms with van der Waals surface area (Å²) in [6.07, 6.45) is -11.2. The molecule has 0 fully saturated rings. The van der Waals surface area contributed by atoms with Gasteiger partial charge >= 0.3 is 30.3 Å². The Balaban J connectivity index is 0.000000366. The SMILES string of the molecule is CCOC(=O)C1(F)CNc2c(ccc(F)c2OC)C1=O.O=C(OC(=O)C(F)(F)F)C(F)(F)F. The molecule has 1 N–H and O–H groups in total. The van der Waals surface area contributed by atoms with Crippen LogP contribution in [0.2, 0.25) is 0 Å². The van der Waals surface area contributed by atoms with Crippen molar-refractivity contribution < 1.29 is 68.5 Å². The summed E-state index contributed by atoms with van der Waals surface area (Å²) in [6, 6.07) is 2.09. The quantitative estimate of drug-likeness (QED) is 0.388. The van der Waals surface area contributed by atoms with Gasteiger partial charge in [0.05, 0.1) is 25.9 Å². The van der Waals surface area contributed by atoms with E-state index in [4.69, 9.17) is 4.74 Å². The third kappa shape index (κ3) is 6.29. The highest BCUT2D eigenvalue weighted by Crippen LogP contribution is 2.38. The van der Waals surface area contributed by atoms with Crippen molar-refractivity contribution in [1.29, 1.82) is 0 Å². The second-order valence-electron chi connectivity index (χ2n) is 5.88. The number of ether oxygens (including phenoxy) is 3. The number of ketones is 1. The first-order chi connectivity index (χ1) is 15.0. The number of nitrogens with one attached hydrogen (secondary N) is 1. The van der Waals surface area contributed by atoms with Crippen molar-refractivity contribution in [2.75, 3.05) is 25.6 Å². The number of hydrogen-bond donors (Lipinski definition) is 1. The number of methoxy groups -OCH3 is 1. The topological polar surface area (TPSA) is 108 Å². The fourth-order valence-corrected chi connectivity index (χ4v) is 2.24. The van der Waals surface area contributed by atoms with E-state index in [1.807, 2.05) is 0 Å². The molecular weight excluding hydrogens is 482 g/mol. The van der Waals surface area contributed by atoms with Gasteiger partial charge in [-0.1, -0.05) is 0 Å². The number of esters is 3. The second kappa shape index (κ2) is 9.99. The van der Waals surface area contributed by atoms with Crippen molar-refractivity contribution in [3.05, 3.63) is 23.5 Å². The Labute approximate surface area is 178 Å². The van der Waals surface area contributed by atoms with E-state index in [0.717, 1.165) is 12.1 Å². The summed E-state index contributed by atoms with van der Waals surface area (Å²) in [4.78, 5) is 43.0. The van der Waals surface area contributed by atoms with Crippen LogP contribution in [0.1, 0.15) is 17.3 Å². The van der Waals surface area contributed by atoms with Crippen LogP contribution in [0.3, 0.4) is 0 Å². The number of carbonyl (C=O) groups is 4. The highest BCUT2D eigenvalue weighted by atomic mass is 19.4. The maximum Gasteiger partial charge on any atom is 0.491 e. The minimum Gasteiger partial charge on any atom is -0.492 e. The first kappa shape index (κ1) is 27.6. The molecule has 1 atom stereocenters. The number of benzene rings is 1. The third-order valence-electron chi connectivity index (χ3n) is 3.67. The van der Waals surface area contributed by atoms with E-state index >= 15 is 0 Å². The Bertz CT molecular complexity index is 921. The number of alkyl halides is 7. The van der Waals surface area contributed by atoms with E-state index in [-0.39, 0.29) is 23.6 Å². The Morgan fingerprint density at radius 3 is 2.00 bits per heavy atom. The van der Waals surface area contributed by atoms with Gasteiger partial charge in [0, 0.05) is 5.56 Å². The lowest BCUT2D eigenvalue weighted by atomic mass is 9.89. The average molecular weight is 495 g/mol. The normalized spacial score (nSPS) is 17.6. The zero-order chi connectivity index (χ0) is 25.8. The van der Waals surface area contributed by atoms with Gasteiger partial charge in [0.1, 0.15) is 0 Å². The number of rotatable bonds is 3. The molecule has 184 valence electrons. The van der Waals surface area contributed by atoms with Crippen LogP contribution in [-0.2, 0) is 23.9 Å². The summed E-state index contributed by atoms with van der Waals surface area (Å²) < 4.78 is 107. The van der Waals surface area contributed by atoms with E-state index in [9.17, 15) is 54.3 Å². The van der Waals surface area contributed by atoms with Crippen LogP contribution in [0.4, 0.5) is 40.8 Å². The molecule has 0 amide bonds. The Hall–Kier alpha value is -3.46. The van der Waals surface area contributed by atoms with Gasteiger partial charge in [-0.2, -0.15) is 26.3 Å². The first-order valence-electron chi connectivity index (χ1n) is 8.42. The van der Waals surface area contributed by atoms with Gasteiger partial charge in [-0.05, 0) is 19.1 Å². The average Bonchev–Trinajstić information content (AvgIpc) is 2.70. The first-order valence-corrected chi connectivity index (χ1v) is 8.42. The van der Waals surface area contributed by atoms with Gasteiger partial charge in [0.15, 0.2) is 11.6 Å². The Morgan fingerprint density at radius 2 is 1.58 bits per heavy atom. The molecule has 0 saturated heterocycles. The zero-order valence-corrected chi connectivity index (χ0v) is 16.5. The molecular formula is C17H13F8NO7. The molecule has 1 unspecified atom stereocenters. The summed E-state index contributed by atoms with van der Waals surface area (Å²) in [5, 5.41) is 2.52. The molecule has 1 aromatic rings. The maximum absolute atomic E-state index is 14.5. The van der Waals surface area contributed by atoms with Gasteiger partial charge in [0.25, 0.3) is 5.67 Å². The number of halogens is 8. The van der Waals surface area contributed by atoms with Crippen LogP contribution in [0, 0.1) is 5.82 Å². The van der Waals surface area contributed by atoms with E-state index in [0.29, 0.717) is 0 Å². The minimum atomic E-state index is -5.62. The Morgan fingerprint density at radius 1 is 1.06 bits per heavy atom. The fourth-order valence-electron chi connectivity index (χ4n) is 2.24. The van der Waals surface area contributed by atoms with Crippen molar-refractivity contribution in [1.82, 2.24) is 0 Å². The summed E-state index contributed by atoms with van der Waals surface area (Å²) in [5.41, 5.74) is -2.92. The van der Waals surface area contributed by atoms with Crippen molar-refractivity contribution in [2.45, 2.75) is 24.9 Å². The van der Waals surface area contributed by atoms with E-state index in [2.05, 4.69) is 14.8 Å². The molecule has 8 nitrogen and oxygen atoms in total. The summed E-state index contributed by atoms with van der Waals surface area (Å²) in [5.74, 6) is -9.60. The van der Waals surface area contributed by atoms with Crippen LogP contribution in [0.15, 0.2) is 12.1 Å². The van der Waals surface area contributed by atoms with E-state index in [1.165, 1.54) is 14.0 Å². The molecule has 1 heterocycles. The lowest BCUT2D eigenvalue weighted by Crippen LogP contribution is -2.52. The van der Waals surface area contributed by atoms with Gasteiger partial charge in [-0.3, -0.25) is 4.79 Å². The molecule has 0 spiro atoms. The molecule has 1 aliphatic heterocycles. The molecule has 33 heavy (non-hydrogen) atoms. The van der Waals surface area contributed by atoms with Crippen molar-refractivity contribution >= 4 is 29.4 Å². The van der Waals surface area contributed by atoms with Gasteiger partial charge in [-0.25, -0.2) is 23.2 Å². The molecule has 16 heteroatoms. The number of Topliss-reactive ketones (excluding diaryl/α,β-unsaturated/α-hetero) is 1. The number of anilines is 1. The molecule has 2 rings (SSSR count). The third-order valence-corrected chi connectivity index (χ3v) is 3.67. The van der Waals surface area contributed by atoms with Crippen molar-refractivity contribution in [2.24, 2.45) is 0 Å². The summed E-state index contributed by atoms with van der Waals surface area (Å²) >= 11 is 0. The van der Waals surface area contributed by atoms with Crippen molar-refractivity contribution in [3.63, 3.8) is 0 Å². The molecule has 0 aliphatic carbocycles. The summed E-state index contributed by atoms with van der Waals surface area (Å²) in [7, 11) is 1.23. The predicted octanol–water partition coefficient (Wildman–Crippen LogP) is 2.89. The number of fused-ring (bicyclic) bond motifs is 1. The summed E-state index contributed by atoms with van der Waals surface area (Å²) in [6.45, 7) is 0.837. The van der Waals surface area contributed by atoms with E-state index < -0.39 is 54.1 Å². The number of carbonyl (C=O) groups excluding carboxylic acids is 4. The largest absolute Gasteiger partial charge is 0.492 e. The Kier molecular flexibility index (Phi) is 8.35. The van der Waals surface area contributed by atoms with Gasteiger partial charge in [-0.15, -0.1) is 0 Å². The maximum atomic E-state index is 14.5. The molecule has 0 radical (unpaired) electrons. The highest BCUT2D eigenvalue weighted by Gasteiger charge is 2.52. The lowest BCUT2D eigenvalue weighted by Gasteiger charge is -2.29. The molecule has 0 bridgehead atoms.